The number of para-hydroxylation sites is 1. The Hall–Kier alpha value is -1.05. The van der Waals surface area contributed by atoms with Gasteiger partial charge in [0, 0.05) is 0 Å². The van der Waals surface area contributed by atoms with Gasteiger partial charge in [-0.3, -0.25) is 0 Å². The predicted molar refractivity (Wildman–Crippen MR) is 95.7 cm³/mol. The van der Waals surface area contributed by atoms with Crippen LogP contribution in [0.4, 0.5) is 4.39 Å². The first kappa shape index (κ1) is 18.3. The lowest BCUT2D eigenvalue weighted by Crippen LogP contribution is -2.18. The van der Waals surface area contributed by atoms with E-state index in [2.05, 4.69) is 6.92 Å². The summed E-state index contributed by atoms with van der Waals surface area (Å²) in [4.78, 5) is 0. The van der Waals surface area contributed by atoms with Crippen LogP contribution in [-0.4, -0.2) is 12.8 Å². The first-order chi connectivity index (χ1) is 11.3. The molecule has 0 amide bonds. The summed E-state index contributed by atoms with van der Waals surface area (Å²) >= 11 is 0. The van der Waals surface area contributed by atoms with E-state index in [9.17, 15) is 4.39 Å². The van der Waals surface area contributed by atoms with Crippen LogP contribution in [0.1, 0.15) is 71.1 Å². The molecule has 0 heterocycles. The van der Waals surface area contributed by atoms with Gasteiger partial charge >= 0.3 is 0 Å². The van der Waals surface area contributed by atoms with Gasteiger partial charge in [-0.2, -0.15) is 0 Å². The molecule has 1 aliphatic rings. The zero-order chi connectivity index (χ0) is 16.3. The van der Waals surface area contributed by atoms with Gasteiger partial charge in [-0.15, -0.1) is 0 Å². The van der Waals surface area contributed by atoms with Crippen molar-refractivity contribution in [1.82, 2.24) is 0 Å². The maximum absolute atomic E-state index is 14.0. The Balaban J connectivity index is 1.54. The van der Waals surface area contributed by atoms with Crippen molar-refractivity contribution in [2.75, 3.05) is 6.61 Å². The Morgan fingerprint density at radius 3 is 2.30 bits per heavy atom. The molecule has 1 unspecified atom stereocenters. The van der Waals surface area contributed by atoms with Gasteiger partial charge in [-0.1, -0.05) is 76.5 Å². The van der Waals surface area contributed by atoms with Crippen molar-refractivity contribution in [2.24, 2.45) is 11.8 Å². The summed E-state index contributed by atoms with van der Waals surface area (Å²) in [6.45, 7) is 2.46. The summed E-state index contributed by atoms with van der Waals surface area (Å²) in [5.74, 6) is 2.45. The number of halogens is 1. The van der Waals surface area contributed by atoms with Gasteiger partial charge in [0.1, 0.15) is 18.5 Å². The van der Waals surface area contributed by atoms with Crippen LogP contribution in [0.2, 0.25) is 0 Å². The van der Waals surface area contributed by atoms with Crippen LogP contribution in [0.15, 0.2) is 30.3 Å². The lowest BCUT2D eigenvalue weighted by molar-refractivity contribution is 0.166. The maximum atomic E-state index is 14.0. The molecule has 1 aromatic carbocycles. The highest BCUT2D eigenvalue weighted by Gasteiger charge is 2.21. The number of ether oxygens (including phenoxy) is 1. The minimum Gasteiger partial charge on any atom is -0.491 e. The molecule has 0 spiro atoms. The first-order valence-electron chi connectivity index (χ1n) is 9.59. The van der Waals surface area contributed by atoms with Gasteiger partial charge in [0.05, 0.1) is 0 Å². The molecule has 1 fully saturated rings. The predicted octanol–water partition coefficient (Wildman–Crippen LogP) is 6.57. The molecule has 1 saturated carbocycles. The van der Waals surface area contributed by atoms with Gasteiger partial charge < -0.3 is 4.74 Å². The van der Waals surface area contributed by atoms with E-state index < -0.39 is 6.17 Å². The highest BCUT2D eigenvalue weighted by molar-refractivity contribution is 5.20. The summed E-state index contributed by atoms with van der Waals surface area (Å²) in [5, 5.41) is 0. The Labute approximate surface area is 141 Å². The monoisotopic (exact) mass is 320 g/mol. The van der Waals surface area contributed by atoms with Gasteiger partial charge in [0.25, 0.3) is 0 Å². The summed E-state index contributed by atoms with van der Waals surface area (Å²) < 4.78 is 19.5. The van der Waals surface area contributed by atoms with Gasteiger partial charge in [-0.05, 0) is 36.8 Å². The molecule has 0 bridgehead atoms. The third-order valence-electron chi connectivity index (χ3n) is 5.24. The molecule has 130 valence electrons. The van der Waals surface area contributed by atoms with Crippen molar-refractivity contribution in [3.8, 4) is 5.75 Å². The Kier molecular flexibility index (Phi) is 8.49. The van der Waals surface area contributed by atoms with Crippen molar-refractivity contribution < 1.29 is 9.13 Å². The zero-order valence-electron chi connectivity index (χ0n) is 14.7. The molecule has 2 rings (SSSR count). The van der Waals surface area contributed by atoms with E-state index in [1.807, 2.05) is 30.3 Å². The van der Waals surface area contributed by atoms with E-state index in [1.54, 1.807) is 0 Å². The average molecular weight is 320 g/mol. The van der Waals surface area contributed by atoms with Crippen molar-refractivity contribution in [3.63, 3.8) is 0 Å². The van der Waals surface area contributed by atoms with Crippen molar-refractivity contribution in [1.29, 1.82) is 0 Å². The number of alkyl halides is 1. The second-order valence-electron chi connectivity index (χ2n) is 7.18. The fourth-order valence-corrected chi connectivity index (χ4v) is 3.70. The second kappa shape index (κ2) is 10.7. The Morgan fingerprint density at radius 1 is 1.00 bits per heavy atom. The Bertz CT molecular complexity index is 398. The summed E-state index contributed by atoms with van der Waals surface area (Å²) in [5.41, 5.74) is 0. The lowest BCUT2D eigenvalue weighted by Gasteiger charge is -2.28. The van der Waals surface area contributed by atoms with Crippen LogP contribution in [-0.2, 0) is 0 Å². The van der Waals surface area contributed by atoms with Crippen molar-refractivity contribution in [2.45, 2.75) is 77.3 Å². The SMILES string of the molecule is CCCCCC1CCC(CCC(F)COc2ccccc2)CC1. The van der Waals surface area contributed by atoms with E-state index in [1.165, 1.54) is 51.4 Å². The van der Waals surface area contributed by atoms with Crippen LogP contribution in [0.3, 0.4) is 0 Å². The molecule has 0 aliphatic heterocycles. The van der Waals surface area contributed by atoms with E-state index >= 15 is 0 Å². The van der Waals surface area contributed by atoms with Gasteiger partial charge in [0.15, 0.2) is 0 Å². The molecule has 23 heavy (non-hydrogen) atoms. The fourth-order valence-electron chi connectivity index (χ4n) is 3.70. The van der Waals surface area contributed by atoms with Gasteiger partial charge in [-0.25, -0.2) is 4.39 Å². The molecule has 1 atom stereocenters. The molecule has 0 aromatic heterocycles. The topological polar surface area (TPSA) is 9.23 Å². The minimum atomic E-state index is -0.836. The highest BCUT2D eigenvalue weighted by Crippen LogP contribution is 2.34. The molecule has 1 aromatic rings. The molecular weight excluding hydrogens is 287 g/mol. The van der Waals surface area contributed by atoms with E-state index in [0.29, 0.717) is 6.42 Å². The number of benzene rings is 1. The smallest absolute Gasteiger partial charge is 0.134 e. The Morgan fingerprint density at radius 2 is 1.65 bits per heavy atom. The number of unbranched alkanes of at least 4 members (excludes halogenated alkanes) is 2. The summed E-state index contributed by atoms with van der Waals surface area (Å²) in [6.07, 6.45) is 11.7. The first-order valence-corrected chi connectivity index (χ1v) is 9.59. The molecule has 0 radical (unpaired) electrons. The van der Waals surface area contributed by atoms with Gasteiger partial charge in [0.2, 0.25) is 0 Å². The number of rotatable bonds is 10. The third-order valence-corrected chi connectivity index (χ3v) is 5.24. The quantitative estimate of drug-likeness (QED) is 0.443. The molecular formula is C21H33FO. The molecule has 2 heteroatoms. The van der Waals surface area contributed by atoms with Crippen LogP contribution in [0, 0.1) is 11.8 Å². The van der Waals surface area contributed by atoms with Crippen molar-refractivity contribution >= 4 is 0 Å². The normalized spacial score (nSPS) is 22.7. The van der Waals surface area contributed by atoms with E-state index in [-0.39, 0.29) is 6.61 Å². The maximum Gasteiger partial charge on any atom is 0.134 e. The number of hydrogen-bond acceptors (Lipinski definition) is 1. The fraction of sp³-hybridized carbons (Fsp3) is 0.714. The highest BCUT2D eigenvalue weighted by atomic mass is 19.1. The molecule has 1 aliphatic carbocycles. The molecule has 0 N–H and O–H groups in total. The summed E-state index contributed by atoms with van der Waals surface area (Å²) in [7, 11) is 0. The van der Waals surface area contributed by atoms with Crippen LogP contribution < -0.4 is 4.74 Å². The minimum absolute atomic E-state index is 0.191. The zero-order valence-corrected chi connectivity index (χ0v) is 14.7. The standard InChI is InChI=1S/C21H33FO/c1-2-3-5-8-18-11-13-19(14-12-18)15-16-20(22)17-23-21-9-6-4-7-10-21/h4,6-7,9-10,18-20H,2-3,5,8,11-17H2,1H3. The van der Waals surface area contributed by atoms with Crippen LogP contribution in [0.25, 0.3) is 0 Å². The average Bonchev–Trinajstić information content (AvgIpc) is 2.60. The van der Waals surface area contributed by atoms with E-state index in [4.69, 9.17) is 4.74 Å². The number of hydrogen-bond donors (Lipinski definition) is 0. The third kappa shape index (κ3) is 7.37. The van der Waals surface area contributed by atoms with Crippen molar-refractivity contribution in [3.05, 3.63) is 30.3 Å². The van der Waals surface area contributed by atoms with Crippen LogP contribution >= 0.6 is 0 Å². The second-order valence-corrected chi connectivity index (χ2v) is 7.18. The van der Waals surface area contributed by atoms with Crippen LogP contribution in [0.5, 0.6) is 5.75 Å². The lowest BCUT2D eigenvalue weighted by atomic mass is 9.78. The molecule has 1 nitrogen and oxygen atoms in total. The summed E-state index contributed by atoms with van der Waals surface area (Å²) in [6, 6.07) is 9.54. The molecule has 0 saturated heterocycles. The van der Waals surface area contributed by atoms with E-state index in [0.717, 1.165) is 24.0 Å². The largest absolute Gasteiger partial charge is 0.491 e.